The van der Waals surface area contributed by atoms with Gasteiger partial charge in [0.25, 0.3) is 0 Å². The Morgan fingerprint density at radius 2 is 1.77 bits per heavy atom. The Kier molecular flexibility index (Phi) is 5.43. The summed E-state index contributed by atoms with van der Waals surface area (Å²) >= 11 is 5.84. The molecule has 1 aliphatic carbocycles. The van der Waals surface area contributed by atoms with Crippen LogP contribution in [0.5, 0.6) is 5.75 Å². The Balaban J connectivity index is 1.47. The number of thiocarbonyl (C=S) groups is 1. The van der Waals surface area contributed by atoms with E-state index < -0.39 is 0 Å². The van der Waals surface area contributed by atoms with Gasteiger partial charge in [-0.1, -0.05) is 66.7 Å². The van der Waals surface area contributed by atoms with Crippen molar-refractivity contribution < 1.29 is 4.74 Å². The third-order valence-corrected chi connectivity index (χ3v) is 6.51. The van der Waals surface area contributed by atoms with E-state index in [9.17, 15) is 0 Å². The van der Waals surface area contributed by atoms with Crippen LogP contribution in [0.4, 0.5) is 0 Å². The normalized spacial score (nSPS) is 19.3. The number of methoxy groups -OCH3 is 1. The second-order valence-corrected chi connectivity index (χ2v) is 8.38. The molecule has 0 bridgehead atoms. The van der Waals surface area contributed by atoms with Gasteiger partial charge in [-0.3, -0.25) is 0 Å². The highest BCUT2D eigenvalue weighted by Crippen LogP contribution is 2.43. The molecule has 3 aromatic rings. The van der Waals surface area contributed by atoms with Crippen molar-refractivity contribution in [2.45, 2.75) is 25.4 Å². The number of hydrogen-bond acceptors (Lipinski definition) is 3. The SMILES string of the molecule is COc1ccc(C2C3CCc4ccccc4C3=NN2C(=S)NCc2ccccc2)cc1. The predicted molar refractivity (Wildman–Crippen MR) is 128 cm³/mol. The zero-order chi connectivity index (χ0) is 21.2. The van der Waals surface area contributed by atoms with Crippen LogP contribution in [0.3, 0.4) is 0 Å². The molecule has 3 aromatic carbocycles. The summed E-state index contributed by atoms with van der Waals surface area (Å²) in [6.07, 6.45) is 2.12. The number of nitrogens with one attached hydrogen (secondary N) is 1. The molecule has 2 aliphatic rings. The molecule has 1 aliphatic heterocycles. The fraction of sp³-hybridized carbons (Fsp3) is 0.231. The van der Waals surface area contributed by atoms with Crippen LogP contribution in [-0.2, 0) is 13.0 Å². The zero-order valence-corrected chi connectivity index (χ0v) is 18.3. The summed E-state index contributed by atoms with van der Waals surface area (Å²) in [6, 6.07) is 27.3. The van der Waals surface area contributed by atoms with Gasteiger partial charge in [0, 0.05) is 18.0 Å². The molecular formula is C26H25N3OS. The first-order chi connectivity index (χ1) is 15.2. The summed E-state index contributed by atoms with van der Waals surface area (Å²) in [5.74, 6) is 1.16. The van der Waals surface area contributed by atoms with Gasteiger partial charge in [0.1, 0.15) is 5.75 Å². The second kappa shape index (κ2) is 8.52. The highest BCUT2D eigenvalue weighted by molar-refractivity contribution is 7.80. The van der Waals surface area contributed by atoms with Crippen LogP contribution in [0.25, 0.3) is 0 Å². The molecule has 0 spiro atoms. The number of fused-ring (bicyclic) bond motifs is 3. The van der Waals surface area contributed by atoms with E-state index in [0.717, 1.165) is 24.3 Å². The van der Waals surface area contributed by atoms with Crippen molar-refractivity contribution in [2.24, 2.45) is 11.0 Å². The van der Waals surface area contributed by atoms with E-state index in [2.05, 4.69) is 53.8 Å². The van der Waals surface area contributed by atoms with E-state index in [1.165, 1.54) is 22.3 Å². The summed E-state index contributed by atoms with van der Waals surface area (Å²) in [7, 11) is 1.69. The molecule has 4 nitrogen and oxygen atoms in total. The van der Waals surface area contributed by atoms with Crippen molar-refractivity contribution in [3.8, 4) is 5.75 Å². The molecule has 2 unspecified atom stereocenters. The lowest BCUT2D eigenvalue weighted by atomic mass is 9.77. The summed E-state index contributed by atoms with van der Waals surface area (Å²) in [5, 5.41) is 11.2. The Morgan fingerprint density at radius 3 is 2.55 bits per heavy atom. The first-order valence-electron chi connectivity index (χ1n) is 10.7. The van der Waals surface area contributed by atoms with Crippen molar-refractivity contribution in [1.29, 1.82) is 0 Å². The number of rotatable bonds is 4. The van der Waals surface area contributed by atoms with Crippen LogP contribution in [-0.4, -0.2) is 22.9 Å². The Labute approximate surface area is 188 Å². The van der Waals surface area contributed by atoms with Crippen LogP contribution >= 0.6 is 12.2 Å². The van der Waals surface area contributed by atoms with Crippen molar-refractivity contribution in [1.82, 2.24) is 10.3 Å². The monoisotopic (exact) mass is 427 g/mol. The third-order valence-electron chi connectivity index (χ3n) is 6.18. The van der Waals surface area contributed by atoms with E-state index in [-0.39, 0.29) is 6.04 Å². The fourth-order valence-corrected chi connectivity index (χ4v) is 4.85. The molecule has 156 valence electrons. The van der Waals surface area contributed by atoms with Crippen LogP contribution in [0, 0.1) is 5.92 Å². The largest absolute Gasteiger partial charge is 0.497 e. The van der Waals surface area contributed by atoms with Gasteiger partial charge in [0.2, 0.25) is 0 Å². The van der Waals surface area contributed by atoms with E-state index in [0.29, 0.717) is 17.6 Å². The number of nitrogens with zero attached hydrogens (tertiary/aromatic N) is 2. The van der Waals surface area contributed by atoms with Gasteiger partial charge in [-0.25, -0.2) is 5.01 Å². The molecule has 31 heavy (non-hydrogen) atoms. The number of ether oxygens (including phenoxy) is 1. The Morgan fingerprint density at radius 1 is 1.03 bits per heavy atom. The van der Waals surface area contributed by atoms with Crippen molar-refractivity contribution >= 4 is 23.0 Å². The molecule has 0 fully saturated rings. The van der Waals surface area contributed by atoms with E-state index in [1.54, 1.807) is 7.11 Å². The molecule has 1 heterocycles. The number of hydrogen-bond donors (Lipinski definition) is 1. The van der Waals surface area contributed by atoms with E-state index in [1.807, 2.05) is 35.3 Å². The smallest absolute Gasteiger partial charge is 0.190 e. The average molecular weight is 428 g/mol. The minimum Gasteiger partial charge on any atom is -0.497 e. The average Bonchev–Trinajstić information content (AvgIpc) is 3.23. The Bertz CT molecular complexity index is 1110. The maximum absolute atomic E-state index is 5.84. The second-order valence-electron chi connectivity index (χ2n) is 7.99. The molecule has 5 rings (SSSR count). The molecule has 5 heteroatoms. The summed E-state index contributed by atoms with van der Waals surface area (Å²) in [6.45, 7) is 0.678. The predicted octanol–water partition coefficient (Wildman–Crippen LogP) is 5.09. The summed E-state index contributed by atoms with van der Waals surface area (Å²) in [4.78, 5) is 0. The van der Waals surface area contributed by atoms with Gasteiger partial charge in [0.15, 0.2) is 5.11 Å². The van der Waals surface area contributed by atoms with E-state index >= 15 is 0 Å². The first kappa shape index (κ1) is 19.8. The van der Waals surface area contributed by atoms with Gasteiger partial charge in [-0.05, 0) is 53.9 Å². The van der Waals surface area contributed by atoms with Crippen molar-refractivity contribution in [2.75, 3.05) is 7.11 Å². The molecule has 1 N–H and O–H groups in total. The van der Waals surface area contributed by atoms with Gasteiger partial charge in [0.05, 0.1) is 18.9 Å². The van der Waals surface area contributed by atoms with Gasteiger partial charge >= 0.3 is 0 Å². The van der Waals surface area contributed by atoms with Crippen LogP contribution in [0.2, 0.25) is 0 Å². The molecular weight excluding hydrogens is 402 g/mol. The Hall–Kier alpha value is -3.18. The lowest BCUT2D eigenvalue weighted by Crippen LogP contribution is -2.38. The van der Waals surface area contributed by atoms with Crippen LogP contribution in [0.1, 0.15) is 34.7 Å². The quantitative estimate of drug-likeness (QED) is 0.588. The third kappa shape index (κ3) is 3.81. The molecule has 0 saturated carbocycles. The van der Waals surface area contributed by atoms with Crippen LogP contribution in [0.15, 0.2) is 84.0 Å². The molecule has 2 atom stereocenters. The minimum atomic E-state index is 0.0741. The highest BCUT2D eigenvalue weighted by atomic mass is 32.1. The summed E-state index contributed by atoms with van der Waals surface area (Å²) in [5.41, 5.74) is 6.17. The van der Waals surface area contributed by atoms with Gasteiger partial charge in [-0.15, -0.1) is 0 Å². The van der Waals surface area contributed by atoms with Crippen LogP contribution < -0.4 is 10.1 Å². The summed E-state index contributed by atoms with van der Waals surface area (Å²) < 4.78 is 5.37. The minimum absolute atomic E-state index is 0.0741. The van der Waals surface area contributed by atoms with Gasteiger partial charge in [-0.2, -0.15) is 5.10 Å². The molecule has 0 amide bonds. The maximum Gasteiger partial charge on any atom is 0.190 e. The molecule has 0 saturated heterocycles. The number of benzene rings is 3. The van der Waals surface area contributed by atoms with Crippen molar-refractivity contribution in [3.63, 3.8) is 0 Å². The van der Waals surface area contributed by atoms with Gasteiger partial charge < -0.3 is 10.1 Å². The number of hydrazone groups is 1. The highest BCUT2D eigenvalue weighted by Gasteiger charge is 2.42. The fourth-order valence-electron chi connectivity index (χ4n) is 4.62. The molecule has 0 radical (unpaired) electrons. The standard InChI is InChI=1S/C26H25N3OS/c1-30-21-14-11-20(12-15-21)25-23-16-13-19-9-5-6-10-22(19)24(23)28-29(25)26(31)27-17-18-7-3-2-4-8-18/h2-12,14-15,23,25H,13,16-17H2,1H3,(H,27,31). The molecule has 0 aromatic heterocycles. The van der Waals surface area contributed by atoms with E-state index in [4.69, 9.17) is 22.1 Å². The number of aryl methyl sites for hydroxylation is 1. The lowest BCUT2D eigenvalue weighted by Gasteiger charge is -2.31. The van der Waals surface area contributed by atoms with Crippen molar-refractivity contribution in [3.05, 3.63) is 101 Å². The first-order valence-corrected chi connectivity index (χ1v) is 11.1. The zero-order valence-electron chi connectivity index (χ0n) is 17.5. The maximum atomic E-state index is 5.84. The lowest BCUT2D eigenvalue weighted by molar-refractivity contribution is 0.303. The topological polar surface area (TPSA) is 36.9 Å².